The second-order valence-electron chi connectivity index (χ2n) is 21.0. The fraction of sp³-hybridized carbons (Fsp3) is 0.903. The third kappa shape index (κ3) is 53.7. The number of nitrogens with one attached hydrogen (secondary N) is 1. The van der Waals surface area contributed by atoms with Gasteiger partial charge >= 0.3 is 5.97 Å². The summed E-state index contributed by atoms with van der Waals surface area (Å²) in [6.07, 6.45) is 70.5. The minimum Gasteiger partial charge on any atom is -0.466 e. The molecule has 0 spiro atoms. The van der Waals surface area contributed by atoms with Crippen molar-refractivity contribution >= 4 is 11.9 Å². The van der Waals surface area contributed by atoms with Crippen LogP contribution in [-0.4, -0.2) is 47.4 Å². The van der Waals surface area contributed by atoms with Crippen LogP contribution in [0.2, 0.25) is 0 Å². The Hall–Kier alpha value is -1.66. The predicted octanol–water partition coefficient (Wildman–Crippen LogP) is 19.0. The highest BCUT2D eigenvalue weighted by Crippen LogP contribution is 2.18. The number of aliphatic hydroxyl groups is 2. The summed E-state index contributed by atoms with van der Waals surface area (Å²) < 4.78 is 5.47. The Morgan fingerprint density at radius 3 is 1.16 bits per heavy atom. The third-order valence-electron chi connectivity index (χ3n) is 14.3. The Labute approximate surface area is 424 Å². The van der Waals surface area contributed by atoms with Crippen molar-refractivity contribution in [1.29, 1.82) is 0 Å². The summed E-state index contributed by atoms with van der Waals surface area (Å²) in [6.45, 7) is 4.92. The zero-order chi connectivity index (χ0) is 49.3. The Morgan fingerprint density at radius 2 is 0.750 bits per heavy atom. The summed E-state index contributed by atoms with van der Waals surface area (Å²) in [5.74, 6) is -0.0308. The van der Waals surface area contributed by atoms with Gasteiger partial charge in [-0.15, -0.1) is 0 Å². The van der Waals surface area contributed by atoms with Crippen LogP contribution in [0.15, 0.2) is 24.3 Å². The van der Waals surface area contributed by atoms with Gasteiger partial charge in [-0.25, -0.2) is 0 Å². The van der Waals surface area contributed by atoms with Gasteiger partial charge in [0.25, 0.3) is 0 Å². The highest BCUT2D eigenvalue weighted by molar-refractivity contribution is 5.76. The maximum absolute atomic E-state index is 12.5. The van der Waals surface area contributed by atoms with Crippen molar-refractivity contribution in [2.75, 3.05) is 13.2 Å². The monoisotopic (exact) mass is 958 g/mol. The fourth-order valence-corrected chi connectivity index (χ4v) is 9.54. The molecular formula is C62H119NO5. The van der Waals surface area contributed by atoms with E-state index in [2.05, 4.69) is 43.5 Å². The van der Waals surface area contributed by atoms with E-state index in [-0.39, 0.29) is 18.5 Å². The summed E-state index contributed by atoms with van der Waals surface area (Å²) in [5.41, 5.74) is 0. The van der Waals surface area contributed by atoms with Gasteiger partial charge in [-0.2, -0.15) is 0 Å². The van der Waals surface area contributed by atoms with Gasteiger partial charge in [0.2, 0.25) is 5.91 Å². The van der Waals surface area contributed by atoms with Crippen molar-refractivity contribution < 1.29 is 24.5 Å². The van der Waals surface area contributed by atoms with E-state index in [0.29, 0.717) is 25.9 Å². The SMILES string of the molecule is CCCC/C=C\C/C=C\CCCCCCCC(=O)OCCCCCCCCCCCCCCCCCCCCCCCCCCCC(=O)NC(CO)C(O)CCCCCCCCCCCCCC. The zero-order valence-corrected chi connectivity index (χ0v) is 45.9. The highest BCUT2D eigenvalue weighted by Gasteiger charge is 2.20. The van der Waals surface area contributed by atoms with Crippen LogP contribution in [0.1, 0.15) is 335 Å². The summed E-state index contributed by atoms with van der Waals surface area (Å²) in [7, 11) is 0. The first-order valence-electron chi connectivity index (χ1n) is 30.6. The molecule has 0 heterocycles. The predicted molar refractivity (Wildman–Crippen MR) is 296 cm³/mol. The molecule has 0 aliphatic heterocycles. The lowest BCUT2D eigenvalue weighted by molar-refractivity contribution is -0.143. The van der Waals surface area contributed by atoms with Gasteiger partial charge in [0.05, 0.1) is 25.4 Å². The molecule has 0 aromatic heterocycles. The molecule has 0 aromatic carbocycles. The number of carbonyl (C=O) groups excluding carboxylic acids is 2. The van der Waals surface area contributed by atoms with Crippen molar-refractivity contribution in [3.05, 3.63) is 24.3 Å². The van der Waals surface area contributed by atoms with Crippen LogP contribution in [0, 0.1) is 0 Å². The van der Waals surface area contributed by atoms with E-state index in [1.807, 2.05) is 0 Å². The maximum Gasteiger partial charge on any atom is 0.305 e. The summed E-state index contributed by atoms with van der Waals surface area (Å²) in [5, 5.41) is 23.2. The van der Waals surface area contributed by atoms with Crippen molar-refractivity contribution in [3.8, 4) is 0 Å². The summed E-state index contributed by atoms with van der Waals surface area (Å²) in [4.78, 5) is 24.5. The molecule has 0 rings (SSSR count). The number of unbranched alkanes of at least 4 members (excludes halogenated alkanes) is 42. The number of esters is 1. The standard InChI is InChI=1S/C62H119NO5/c1-3-5-7-9-11-13-15-17-32-36-40-44-48-52-56-62(67)68-57-53-49-45-41-37-33-30-28-26-24-22-20-18-19-21-23-25-27-29-31-35-39-43-47-51-55-61(66)63-59(58-64)60(65)54-50-46-42-38-34-16-14-12-10-8-6-4-2/h9,11,15,17,59-60,64-65H,3-8,10,12-14,16,18-58H2,1-2H3,(H,63,66)/b11-9-,17-15-. The van der Waals surface area contributed by atoms with E-state index in [1.54, 1.807) is 0 Å². The average molecular weight is 959 g/mol. The van der Waals surface area contributed by atoms with Crippen molar-refractivity contribution in [2.45, 2.75) is 347 Å². The zero-order valence-electron chi connectivity index (χ0n) is 45.9. The fourth-order valence-electron chi connectivity index (χ4n) is 9.54. The highest BCUT2D eigenvalue weighted by atomic mass is 16.5. The molecule has 3 N–H and O–H groups in total. The molecule has 0 saturated heterocycles. The van der Waals surface area contributed by atoms with E-state index >= 15 is 0 Å². The van der Waals surface area contributed by atoms with Crippen LogP contribution < -0.4 is 5.32 Å². The third-order valence-corrected chi connectivity index (χ3v) is 14.3. The first-order chi connectivity index (χ1) is 33.5. The Balaban J connectivity index is 3.35. The van der Waals surface area contributed by atoms with Crippen LogP contribution in [0.5, 0.6) is 0 Å². The van der Waals surface area contributed by atoms with Crippen molar-refractivity contribution in [3.63, 3.8) is 0 Å². The molecule has 0 fully saturated rings. The van der Waals surface area contributed by atoms with Gasteiger partial charge in [-0.3, -0.25) is 9.59 Å². The Kier molecular flexibility index (Phi) is 56.5. The van der Waals surface area contributed by atoms with Gasteiger partial charge < -0.3 is 20.3 Å². The van der Waals surface area contributed by atoms with Crippen molar-refractivity contribution in [1.82, 2.24) is 5.32 Å². The van der Waals surface area contributed by atoms with E-state index in [4.69, 9.17) is 4.74 Å². The number of hydrogen-bond donors (Lipinski definition) is 3. The van der Waals surface area contributed by atoms with Gasteiger partial charge in [-0.1, -0.05) is 295 Å². The molecule has 1 amide bonds. The van der Waals surface area contributed by atoms with Gasteiger partial charge in [0, 0.05) is 12.8 Å². The molecule has 0 bridgehead atoms. The lowest BCUT2D eigenvalue weighted by Gasteiger charge is -2.22. The molecular weight excluding hydrogens is 839 g/mol. The summed E-state index contributed by atoms with van der Waals surface area (Å²) in [6, 6.07) is -0.539. The molecule has 6 heteroatoms. The second kappa shape index (κ2) is 57.9. The number of ether oxygens (including phenoxy) is 1. The van der Waals surface area contributed by atoms with Gasteiger partial charge in [0.15, 0.2) is 0 Å². The molecule has 0 aliphatic carbocycles. The van der Waals surface area contributed by atoms with E-state index in [0.717, 1.165) is 51.4 Å². The molecule has 2 atom stereocenters. The van der Waals surface area contributed by atoms with Gasteiger partial charge in [-0.05, 0) is 51.4 Å². The topological polar surface area (TPSA) is 95.9 Å². The number of allylic oxidation sites excluding steroid dienone is 4. The van der Waals surface area contributed by atoms with Crippen LogP contribution in [0.3, 0.4) is 0 Å². The van der Waals surface area contributed by atoms with E-state index in [9.17, 15) is 19.8 Å². The number of hydrogen-bond acceptors (Lipinski definition) is 5. The van der Waals surface area contributed by atoms with Crippen molar-refractivity contribution in [2.24, 2.45) is 0 Å². The molecule has 0 radical (unpaired) electrons. The first-order valence-corrected chi connectivity index (χ1v) is 30.6. The van der Waals surface area contributed by atoms with E-state index in [1.165, 1.54) is 250 Å². The minimum atomic E-state index is -0.661. The number of amides is 1. The maximum atomic E-state index is 12.5. The summed E-state index contributed by atoms with van der Waals surface area (Å²) >= 11 is 0. The van der Waals surface area contributed by atoms with E-state index < -0.39 is 12.1 Å². The normalized spacial score (nSPS) is 12.7. The second-order valence-corrected chi connectivity index (χ2v) is 21.0. The molecule has 68 heavy (non-hydrogen) atoms. The largest absolute Gasteiger partial charge is 0.466 e. The lowest BCUT2D eigenvalue weighted by Crippen LogP contribution is -2.45. The van der Waals surface area contributed by atoms with Crippen LogP contribution in [0.4, 0.5) is 0 Å². The van der Waals surface area contributed by atoms with Crippen LogP contribution in [-0.2, 0) is 14.3 Å². The average Bonchev–Trinajstić information content (AvgIpc) is 3.34. The van der Waals surface area contributed by atoms with Crippen LogP contribution in [0.25, 0.3) is 0 Å². The molecule has 0 aliphatic rings. The number of carbonyl (C=O) groups is 2. The molecule has 2 unspecified atom stereocenters. The lowest BCUT2D eigenvalue weighted by atomic mass is 10.0. The smallest absolute Gasteiger partial charge is 0.305 e. The molecule has 0 saturated carbocycles. The molecule has 0 aromatic rings. The number of rotatable bonds is 57. The Morgan fingerprint density at radius 1 is 0.412 bits per heavy atom. The first kappa shape index (κ1) is 66.3. The molecule has 402 valence electrons. The molecule has 6 nitrogen and oxygen atoms in total. The van der Waals surface area contributed by atoms with Gasteiger partial charge in [0.1, 0.15) is 0 Å². The number of aliphatic hydroxyl groups excluding tert-OH is 2. The Bertz CT molecular complexity index is 1060. The minimum absolute atomic E-state index is 0.00192. The van der Waals surface area contributed by atoms with Crippen LogP contribution >= 0.6 is 0 Å². The quantitative estimate of drug-likeness (QED) is 0.0321.